The van der Waals surface area contributed by atoms with Gasteiger partial charge in [0.15, 0.2) is 5.13 Å². The molecular formula is C23H23N5O3S. The number of amides is 1. The van der Waals surface area contributed by atoms with Crippen LogP contribution in [0.15, 0.2) is 41.9 Å². The SMILES string of the molecule is CCOC(=O)Cc1csc(NC(=O)c2cc(-c3cnn(CC)c3C)nc3ccccc23)n1. The molecule has 9 heteroatoms. The molecule has 1 amide bonds. The summed E-state index contributed by atoms with van der Waals surface area (Å²) in [4.78, 5) is 34.0. The molecule has 3 aromatic heterocycles. The van der Waals surface area contributed by atoms with Crippen LogP contribution in [0.25, 0.3) is 22.2 Å². The number of carbonyl (C=O) groups excluding carboxylic acids is 2. The summed E-state index contributed by atoms with van der Waals surface area (Å²) in [6.07, 6.45) is 1.85. The molecule has 0 saturated carbocycles. The van der Waals surface area contributed by atoms with Crippen LogP contribution in [0.3, 0.4) is 0 Å². The highest BCUT2D eigenvalue weighted by molar-refractivity contribution is 7.14. The molecule has 4 rings (SSSR count). The van der Waals surface area contributed by atoms with E-state index in [0.717, 1.165) is 28.7 Å². The number of thiazole rings is 1. The summed E-state index contributed by atoms with van der Waals surface area (Å²) in [7, 11) is 0. The van der Waals surface area contributed by atoms with Crippen molar-refractivity contribution in [1.29, 1.82) is 0 Å². The zero-order chi connectivity index (χ0) is 22.7. The third-order valence-electron chi connectivity index (χ3n) is 5.04. The molecule has 0 radical (unpaired) electrons. The lowest BCUT2D eigenvalue weighted by molar-refractivity contribution is -0.142. The highest BCUT2D eigenvalue weighted by atomic mass is 32.1. The largest absolute Gasteiger partial charge is 0.466 e. The van der Waals surface area contributed by atoms with Crippen molar-refractivity contribution in [2.75, 3.05) is 11.9 Å². The van der Waals surface area contributed by atoms with Crippen LogP contribution < -0.4 is 5.32 Å². The van der Waals surface area contributed by atoms with Crippen molar-refractivity contribution < 1.29 is 14.3 Å². The number of rotatable bonds is 7. The van der Waals surface area contributed by atoms with E-state index in [0.29, 0.717) is 28.7 Å². The first kappa shape index (κ1) is 21.6. The lowest BCUT2D eigenvalue weighted by Gasteiger charge is -2.09. The average molecular weight is 450 g/mol. The molecule has 1 aromatic carbocycles. The summed E-state index contributed by atoms with van der Waals surface area (Å²) in [5, 5.41) is 10.2. The highest BCUT2D eigenvalue weighted by Gasteiger charge is 2.18. The normalized spacial score (nSPS) is 11.0. The van der Waals surface area contributed by atoms with E-state index in [1.807, 2.05) is 42.8 Å². The van der Waals surface area contributed by atoms with E-state index in [9.17, 15) is 9.59 Å². The fourth-order valence-electron chi connectivity index (χ4n) is 3.49. The van der Waals surface area contributed by atoms with Crippen molar-refractivity contribution >= 4 is 39.2 Å². The van der Waals surface area contributed by atoms with Crippen molar-refractivity contribution in [2.45, 2.75) is 33.7 Å². The number of esters is 1. The Kier molecular flexibility index (Phi) is 6.27. The summed E-state index contributed by atoms with van der Waals surface area (Å²) in [5.41, 5.74) is 4.35. The number of hydrogen-bond donors (Lipinski definition) is 1. The average Bonchev–Trinajstić information content (AvgIpc) is 3.38. The van der Waals surface area contributed by atoms with Crippen LogP contribution >= 0.6 is 11.3 Å². The Morgan fingerprint density at radius 1 is 1.19 bits per heavy atom. The fourth-order valence-corrected chi connectivity index (χ4v) is 4.19. The van der Waals surface area contributed by atoms with Gasteiger partial charge in [0.2, 0.25) is 0 Å². The zero-order valence-corrected chi connectivity index (χ0v) is 18.9. The number of hydrogen-bond acceptors (Lipinski definition) is 7. The van der Waals surface area contributed by atoms with Gasteiger partial charge in [-0.15, -0.1) is 11.3 Å². The molecule has 1 N–H and O–H groups in total. The third-order valence-corrected chi connectivity index (χ3v) is 5.85. The number of carbonyl (C=O) groups is 2. The van der Waals surface area contributed by atoms with Gasteiger partial charge in [0.25, 0.3) is 5.91 Å². The minimum absolute atomic E-state index is 0.0727. The zero-order valence-electron chi connectivity index (χ0n) is 18.1. The summed E-state index contributed by atoms with van der Waals surface area (Å²) in [6.45, 7) is 6.85. The second-order valence-corrected chi connectivity index (χ2v) is 7.97. The van der Waals surface area contributed by atoms with Crippen molar-refractivity contribution in [3.63, 3.8) is 0 Å². The number of nitrogens with one attached hydrogen (secondary N) is 1. The topological polar surface area (TPSA) is 99.0 Å². The van der Waals surface area contributed by atoms with Crippen LogP contribution in [-0.4, -0.2) is 38.2 Å². The maximum Gasteiger partial charge on any atom is 0.311 e. The molecule has 0 aliphatic carbocycles. The standard InChI is InChI=1S/C23H23N5O3S/c1-4-28-14(3)18(12-24-28)20-11-17(16-8-6-7-9-19(16)26-20)22(30)27-23-25-15(13-32-23)10-21(29)31-5-2/h6-9,11-13H,4-5,10H2,1-3H3,(H,25,27,30). The Labute approximate surface area is 189 Å². The number of para-hydroxylation sites is 1. The molecule has 0 fully saturated rings. The van der Waals surface area contributed by atoms with E-state index in [4.69, 9.17) is 9.72 Å². The van der Waals surface area contributed by atoms with Crippen molar-refractivity contribution in [2.24, 2.45) is 0 Å². The predicted molar refractivity (Wildman–Crippen MR) is 124 cm³/mol. The van der Waals surface area contributed by atoms with E-state index in [1.54, 1.807) is 24.6 Å². The van der Waals surface area contributed by atoms with Crippen LogP contribution in [0, 0.1) is 6.92 Å². The van der Waals surface area contributed by atoms with Crippen LogP contribution in [0.1, 0.15) is 35.6 Å². The summed E-state index contributed by atoms with van der Waals surface area (Å²) in [6, 6.07) is 9.31. The Balaban J connectivity index is 1.66. The van der Waals surface area contributed by atoms with Gasteiger partial charge in [-0.25, -0.2) is 9.97 Å². The molecule has 164 valence electrons. The first-order valence-corrected chi connectivity index (χ1v) is 11.2. The number of nitrogens with zero attached hydrogens (tertiary/aromatic N) is 4. The van der Waals surface area contributed by atoms with Crippen LogP contribution in [-0.2, 0) is 22.5 Å². The van der Waals surface area contributed by atoms with Crippen LogP contribution in [0.2, 0.25) is 0 Å². The Bertz CT molecular complexity index is 1290. The molecule has 0 atom stereocenters. The number of ether oxygens (including phenoxy) is 1. The fraction of sp³-hybridized carbons (Fsp3) is 0.261. The molecule has 0 spiro atoms. The number of anilines is 1. The molecular weight excluding hydrogens is 426 g/mol. The van der Waals surface area contributed by atoms with E-state index in [-0.39, 0.29) is 18.3 Å². The van der Waals surface area contributed by atoms with Gasteiger partial charge < -0.3 is 4.74 Å². The Morgan fingerprint density at radius 3 is 2.75 bits per heavy atom. The molecule has 32 heavy (non-hydrogen) atoms. The monoisotopic (exact) mass is 449 g/mol. The molecule has 0 aliphatic heterocycles. The number of benzene rings is 1. The lowest BCUT2D eigenvalue weighted by atomic mass is 10.0. The smallest absolute Gasteiger partial charge is 0.311 e. The Morgan fingerprint density at radius 2 is 2.00 bits per heavy atom. The molecule has 0 aliphatic rings. The number of aromatic nitrogens is 4. The van der Waals surface area contributed by atoms with Gasteiger partial charge in [0.1, 0.15) is 0 Å². The quantitative estimate of drug-likeness (QED) is 0.424. The van der Waals surface area contributed by atoms with Gasteiger partial charge >= 0.3 is 5.97 Å². The van der Waals surface area contributed by atoms with Crippen molar-refractivity contribution in [3.8, 4) is 11.3 Å². The second kappa shape index (κ2) is 9.27. The molecule has 8 nitrogen and oxygen atoms in total. The van der Waals surface area contributed by atoms with Crippen LogP contribution in [0.5, 0.6) is 0 Å². The number of fused-ring (bicyclic) bond motifs is 1. The maximum absolute atomic E-state index is 13.2. The van der Waals surface area contributed by atoms with Crippen molar-refractivity contribution in [3.05, 3.63) is 58.9 Å². The van der Waals surface area contributed by atoms with Gasteiger partial charge in [-0.1, -0.05) is 18.2 Å². The van der Waals surface area contributed by atoms with E-state index < -0.39 is 0 Å². The van der Waals surface area contributed by atoms with Gasteiger partial charge in [-0.05, 0) is 32.9 Å². The third kappa shape index (κ3) is 4.38. The van der Waals surface area contributed by atoms with Gasteiger partial charge in [0.05, 0.1) is 41.7 Å². The first-order chi connectivity index (χ1) is 15.5. The molecule has 4 aromatic rings. The minimum atomic E-state index is -0.344. The summed E-state index contributed by atoms with van der Waals surface area (Å²) >= 11 is 1.27. The second-order valence-electron chi connectivity index (χ2n) is 7.11. The number of aryl methyl sites for hydroxylation is 1. The van der Waals surface area contributed by atoms with Crippen LogP contribution in [0.4, 0.5) is 5.13 Å². The minimum Gasteiger partial charge on any atom is -0.466 e. The van der Waals surface area contributed by atoms with Gasteiger partial charge in [0, 0.05) is 28.6 Å². The molecule has 0 saturated heterocycles. The molecule has 0 bridgehead atoms. The maximum atomic E-state index is 13.2. The number of pyridine rings is 1. The summed E-state index contributed by atoms with van der Waals surface area (Å²) in [5.74, 6) is -0.633. The molecule has 3 heterocycles. The lowest BCUT2D eigenvalue weighted by Crippen LogP contribution is -2.13. The van der Waals surface area contributed by atoms with E-state index >= 15 is 0 Å². The Hall–Kier alpha value is -3.59. The highest BCUT2D eigenvalue weighted by Crippen LogP contribution is 2.28. The molecule has 0 unspecified atom stereocenters. The van der Waals surface area contributed by atoms with E-state index in [2.05, 4.69) is 15.4 Å². The van der Waals surface area contributed by atoms with E-state index in [1.165, 1.54) is 11.3 Å². The first-order valence-electron chi connectivity index (χ1n) is 10.3. The van der Waals surface area contributed by atoms with Crippen molar-refractivity contribution in [1.82, 2.24) is 19.7 Å². The van der Waals surface area contributed by atoms with Gasteiger partial charge in [-0.2, -0.15) is 5.10 Å². The van der Waals surface area contributed by atoms with Gasteiger partial charge in [-0.3, -0.25) is 19.6 Å². The predicted octanol–water partition coefficient (Wildman–Crippen LogP) is 4.24. The summed E-state index contributed by atoms with van der Waals surface area (Å²) < 4.78 is 6.85.